The second-order valence-electron chi connectivity index (χ2n) is 8.90. The fraction of sp³-hybridized carbons (Fsp3) is 0.400. The average molecular weight is 418 g/mol. The quantitative estimate of drug-likeness (QED) is 0.779. The van der Waals surface area contributed by atoms with Crippen molar-refractivity contribution in [2.45, 2.75) is 50.6 Å². The Kier molecular flexibility index (Phi) is 5.00. The van der Waals surface area contributed by atoms with Crippen molar-refractivity contribution >= 4 is 17.8 Å². The fourth-order valence-electron chi connectivity index (χ4n) is 5.11. The zero-order chi connectivity index (χ0) is 21.4. The number of imide groups is 1. The third-order valence-corrected chi connectivity index (χ3v) is 6.84. The highest BCUT2D eigenvalue weighted by Crippen LogP contribution is 2.34. The minimum atomic E-state index is -0.854. The van der Waals surface area contributed by atoms with Crippen LogP contribution in [0.4, 0.5) is 4.79 Å². The zero-order valence-electron chi connectivity index (χ0n) is 17.6. The van der Waals surface area contributed by atoms with Crippen LogP contribution in [0.25, 0.3) is 0 Å². The maximum absolute atomic E-state index is 13.3. The standard InChI is InChI=1S/C25H27N3O3/c29-22(27-13-4-1-5-14-27)20-10-6-7-18(15-20)17-28-23(30)25(26-24(28)31)12-11-19-8-2-3-9-21(19)16-25/h2-3,6-10,15H,1,4-5,11-14,16-17H2,(H,26,31). The molecule has 0 bridgehead atoms. The molecule has 31 heavy (non-hydrogen) atoms. The van der Waals surface area contributed by atoms with Crippen molar-refractivity contribution in [3.63, 3.8) is 0 Å². The van der Waals surface area contributed by atoms with Crippen LogP contribution in [0.2, 0.25) is 0 Å². The van der Waals surface area contributed by atoms with Gasteiger partial charge in [0.25, 0.3) is 11.8 Å². The highest BCUT2D eigenvalue weighted by atomic mass is 16.2. The number of amides is 4. The number of carbonyl (C=O) groups is 3. The molecule has 2 saturated heterocycles. The first-order valence-electron chi connectivity index (χ1n) is 11.1. The number of likely N-dealkylation sites (tertiary alicyclic amines) is 1. The predicted octanol–water partition coefficient (Wildman–Crippen LogP) is 3.29. The van der Waals surface area contributed by atoms with Crippen molar-refractivity contribution in [2.75, 3.05) is 13.1 Å². The van der Waals surface area contributed by atoms with Crippen molar-refractivity contribution in [1.29, 1.82) is 0 Å². The Morgan fingerprint density at radius 3 is 2.55 bits per heavy atom. The lowest BCUT2D eigenvalue weighted by atomic mass is 9.78. The van der Waals surface area contributed by atoms with Gasteiger partial charge in [-0.05, 0) is 60.9 Å². The van der Waals surface area contributed by atoms with E-state index in [9.17, 15) is 14.4 Å². The number of piperidine rings is 1. The Morgan fingerprint density at radius 1 is 0.968 bits per heavy atom. The molecule has 1 atom stereocenters. The number of benzene rings is 2. The number of aryl methyl sites for hydroxylation is 1. The molecule has 1 unspecified atom stereocenters. The van der Waals surface area contributed by atoms with E-state index in [0.29, 0.717) is 18.4 Å². The van der Waals surface area contributed by atoms with Gasteiger partial charge in [0.1, 0.15) is 5.54 Å². The Morgan fingerprint density at radius 2 is 1.74 bits per heavy atom. The van der Waals surface area contributed by atoms with Crippen LogP contribution < -0.4 is 5.32 Å². The van der Waals surface area contributed by atoms with E-state index in [0.717, 1.165) is 43.5 Å². The van der Waals surface area contributed by atoms with Gasteiger partial charge in [-0.25, -0.2) is 4.79 Å². The average Bonchev–Trinajstić information content (AvgIpc) is 3.03. The molecule has 2 aromatic carbocycles. The normalized spacial score (nSPS) is 23.1. The number of rotatable bonds is 3. The Hall–Kier alpha value is -3.15. The summed E-state index contributed by atoms with van der Waals surface area (Å²) in [5, 5.41) is 2.98. The van der Waals surface area contributed by atoms with Crippen LogP contribution in [-0.4, -0.2) is 46.3 Å². The predicted molar refractivity (Wildman–Crippen MR) is 116 cm³/mol. The van der Waals surface area contributed by atoms with Crippen LogP contribution in [0.5, 0.6) is 0 Å². The van der Waals surface area contributed by atoms with Gasteiger partial charge in [0.15, 0.2) is 0 Å². The summed E-state index contributed by atoms with van der Waals surface area (Å²) in [7, 11) is 0. The van der Waals surface area contributed by atoms with E-state index in [1.54, 1.807) is 0 Å². The molecule has 1 spiro atoms. The summed E-state index contributed by atoms with van der Waals surface area (Å²) in [6, 6.07) is 15.1. The van der Waals surface area contributed by atoms with Gasteiger partial charge >= 0.3 is 6.03 Å². The number of carbonyl (C=O) groups excluding carboxylic acids is 3. The molecule has 0 saturated carbocycles. The summed E-state index contributed by atoms with van der Waals surface area (Å²) >= 11 is 0. The molecule has 1 aliphatic carbocycles. The molecule has 3 aliphatic rings. The van der Waals surface area contributed by atoms with Crippen molar-refractivity contribution in [2.24, 2.45) is 0 Å². The molecule has 1 N–H and O–H groups in total. The van der Waals surface area contributed by atoms with Gasteiger partial charge in [0.2, 0.25) is 0 Å². The molecule has 0 aromatic heterocycles. The summed E-state index contributed by atoms with van der Waals surface area (Å²) < 4.78 is 0. The van der Waals surface area contributed by atoms with Crippen molar-refractivity contribution in [1.82, 2.24) is 15.1 Å². The van der Waals surface area contributed by atoms with E-state index >= 15 is 0 Å². The molecule has 5 rings (SSSR count). The molecular formula is C25H27N3O3. The minimum Gasteiger partial charge on any atom is -0.339 e. The third-order valence-electron chi connectivity index (χ3n) is 6.84. The molecular weight excluding hydrogens is 390 g/mol. The lowest BCUT2D eigenvalue weighted by Gasteiger charge is -2.32. The number of hydrogen-bond acceptors (Lipinski definition) is 3. The lowest BCUT2D eigenvalue weighted by Crippen LogP contribution is -2.51. The zero-order valence-corrected chi connectivity index (χ0v) is 17.6. The molecule has 6 heteroatoms. The van der Waals surface area contributed by atoms with Gasteiger partial charge in [-0.2, -0.15) is 0 Å². The van der Waals surface area contributed by atoms with Gasteiger partial charge in [-0.1, -0.05) is 36.4 Å². The first-order chi connectivity index (χ1) is 15.1. The van der Waals surface area contributed by atoms with Crippen LogP contribution in [0.1, 0.15) is 52.7 Å². The Balaban J connectivity index is 1.33. The molecule has 2 aliphatic heterocycles. The molecule has 2 fully saturated rings. The first-order valence-corrected chi connectivity index (χ1v) is 11.1. The summed E-state index contributed by atoms with van der Waals surface area (Å²) in [5.74, 6) is -0.140. The van der Waals surface area contributed by atoms with Crippen molar-refractivity contribution in [3.05, 3.63) is 70.8 Å². The van der Waals surface area contributed by atoms with Crippen LogP contribution >= 0.6 is 0 Å². The number of nitrogens with zero attached hydrogens (tertiary/aromatic N) is 2. The first kappa shape index (κ1) is 19.8. The largest absolute Gasteiger partial charge is 0.339 e. The van der Waals surface area contributed by atoms with E-state index in [4.69, 9.17) is 0 Å². The topological polar surface area (TPSA) is 69.7 Å². The molecule has 0 radical (unpaired) electrons. The second kappa shape index (κ2) is 7.84. The number of nitrogens with one attached hydrogen (secondary N) is 1. The third kappa shape index (κ3) is 3.60. The van der Waals surface area contributed by atoms with Crippen LogP contribution in [-0.2, 0) is 24.2 Å². The summed E-state index contributed by atoms with van der Waals surface area (Å²) in [6.45, 7) is 1.76. The SMILES string of the molecule is O=C(c1cccc(CN2C(=O)NC3(CCc4ccccc4C3)C2=O)c1)N1CCCCC1. The van der Waals surface area contributed by atoms with Gasteiger partial charge < -0.3 is 10.2 Å². The van der Waals surface area contributed by atoms with E-state index in [2.05, 4.69) is 11.4 Å². The Bertz CT molecular complexity index is 1040. The monoisotopic (exact) mass is 417 g/mol. The molecule has 4 amide bonds. The van der Waals surface area contributed by atoms with E-state index in [1.807, 2.05) is 47.4 Å². The van der Waals surface area contributed by atoms with Crippen LogP contribution in [0.3, 0.4) is 0 Å². The lowest BCUT2D eigenvalue weighted by molar-refractivity contribution is -0.132. The number of fused-ring (bicyclic) bond motifs is 1. The number of urea groups is 1. The highest BCUT2D eigenvalue weighted by molar-refractivity contribution is 6.07. The van der Waals surface area contributed by atoms with Gasteiger partial charge in [-0.3, -0.25) is 14.5 Å². The molecule has 2 heterocycles. The molecule has 2 aromatic rings. The van der Waals surface area contributed by atoms with Gasteiger partial charge in [-0.15, -0.1) is 0 Å². The minimum absolute atomic E-state index is 0.0270. The molecule has 6 nitrogen and oxygen atoms in total. The maximum Gasteiger partial charge on any atom is 0.325 e. The van der Waals surface area contributed by atoms with Crippen LogP contribution in [0.15, 0.2) is 48.5 Å². The summed E-state index contributed by atoms with van der Waals surface area (Å²) in [6.07, 6.45) is 5.16. The van der Waals surface area contributed by atoms with Crippen molar-refractivity contribution < 1.29 is 14.4 Å². The highest BCUT2D eigenvalue weighted by Gasteiger charge is 2.52. The number of hydrogen-bond donors (Lipinski definition) is 1. The van der Waals surface area contributed by atoms with Crippen LogP contribution in [0, 0.1) is 0 Å². The van der Waals surface area contributed by atoms with E-state index in [-0.39, 0.29) is 24.4 Å². The summed E-state index contributed by atoms with van der Waals surface area (Å²) in [5.41, 5.74) is 2.93. The second-order valence-corrected chi connectivity index (χ2v) is 8.90. The molecule has 160 valence electrons. The van der Waals surface area contributed by atoms with E-state index < -0.39 is 5.54 Å². The van der Waals surface area contributed by atoms with Crippen molar-refractivity contribution in [3.8, 4) is 0 Å². The Labute approximate surface area is 182 Å². The smallest absolute Gasteiger partial charge is 0.325 e. The van der Waals surface area contributed by atoms with Gasteiger partial charge in [0.05, 0.1) is 6.54 Å². The van der Waals surface area contributed by atoms with Gasteiger partial charge in [0, 0.05) is 25.1 Å². The van der Waals surface area contributed by atoms with E-state index in [1.165, 1.54) is 16.9 Å². The maximum atomic E-state index is 13.3. The fourth-order valence-corrected chi connectivity index (χ4v) is 5.11. The summed E-state index contributed by atoms with van der Waals surface area (Å²) in [4.78, 5) is 42.1.